The topological polar surface area (TPSA) is 12.0 Å². The number of benzene rings is 1. The molecule has 1 aliphatic rings. The van der Waals surface area contributed by atoms with Crippen LogP contribution in [0.15, 0.2) is 42.6 Å². The molecule has 1 unspecified atom stereocenters. The molecule has 0 radical (unpaired) electrons. The predicted molar refractivity (Wildman–Crippen MR) is 88.7 cm³/mol. The van der Waals surface area contributed by atoms with Gasteiger partial charge in [0.15, 0.2) is 0 Å². The Kier molecular flexibility index (Phi) is 4.69. The SMILES string of the molecule is C=C(CC(C)C)NCCC1(CC)C=Cc2ccccc21. The average Bonchev–Trinajstić information content (AvgIpc) is 2.78. The van der Waals surface area contributed by atoms with Gasteiger partial charge in [-0.15, -0.1) is 0 Å². The van der Waals surface area contributed by atoms with E-state index < -0.39 is 0 Å². The third kappa shape index (κ3) is 3.15. The minimum absolute atomic E-state index is 0.210. The van der Waals surface area contributed by atoms with Gasteiger partial charge < -0.3 is 5.32 Å². The molecule has 1 aromatic rings. The molecule has 0 saturated heterocycles. The monoisotopic (exact) mass is 269 g/mol. The smallest absolute Gasteiger partial charge is 0.0155 e. The average molecular weight is 269 g/mol. The summed E-state index contributed by atoms with van der Waals surface area (Å²) in [5.74, 6) is 0.669. The summed E-state index contributed by atoms with van der Waals surface area (Å²) in [6.07, 6.45) is 8.02. The van der Waals surface area contributed by atoms with Crippen LogP contribution in [-0.4, -0.2) is 6.54 Å². The molecule has 20 heavy (non-hydrogen) atoms. The second-order valence-electron chi connectivity index (χ2n) is 6.31. The van der Waals surface area contributed by atoms with Crippen LogP contribution in [0.3, 0.4) is 0 Å². The molecule has 0 fully saturated rings. The van der Waals surface area contributed by atoms with Crippen molar-refractivity contribution < 1.29 is 0 Å². The van der Waals surface area contributed by atoms with Crippen molar-refractivity contribution in [2.75, 3.05) is 6.54 Å². The summed E-state index contributed by atoms with van der Waals surface area (Å²) in [4.78, 5) is 0. The van der Waals surface area contributed by atoms with Crippen molar-refractivity contribution >= 4 is 6.08 Å². The maximum absolute atomic E-state index is 4.12. The fourth-order valence-corrected chi connectivity index (χ4v) is 3.17. The molecule has 1 aromatic carbocycles. The van der Waals surface area contributed by atoms with Gasteiger partial charge in [-0.1, -0.05) is 63.8 Å². The number of hydrogen-bond acceptors (Lipinski definition) is 1. The Labute approximate surface area is 123 Å². The van der Waals surface area contributed by atoms with Gasteiger partial charge in [-0.3, -0.25) is 0 Å². The largest absolute Gasteiger partial charge is 0.389 e. The Morgan fingerprint density at radius 3 is 2.75 bits per heavy atom. The Balaban J connectivity index is 1.98. The van der Waals surface area contributed by atoms with Gasteiger partial charge in [0.1, 0.15) is 0 Å². The second-order valence-corrected chi connectivity index (χ2v) is 6.31. The van der Waals surface area contributed by atoms with E-state index in [1.807, 2.05) is 0 Å². The lowest BCUT2D eigenvalue weighted by Crippen LogP contribution is -2.27. The number of nitrogens with one attached hydrogen (secondary N) is 1. The standard InChI is InChI=1S/C19H27N/c1-5-19(12-13-20-16(4)14-15(2)3)11-10-17-8-6-7-9-18(17)19/h6-11,15,20H,4-5,12-14H2,1-3H3. The lowest BCUT2D eigenvalue weighted by Gasteiger charge is -2.28. The molecule has 1 heteroatoms. The van der Waals surface area contributed by atoms with Crippen molar-refractivity contribution in [3.63, 3.8) is 0 Å². The van der Waals surface area contributed by atoms with Crippen LogP contribution in [0.5, 0.6) is 0 Å². The Morgan fingerprint density at radius 1 is 1.30 bits per heavy atom. The first-order chi connectivity index (χ1) is 9.57. The zero-order chi connectivity index (χ0) is 14.6. The molecular formula is C19H27N. The molecule has 0 amide bonds. The quantitative estimate of drug-likeness (QED) is 0.742. The van der Waals surface area contributed by atoms with Crippen LogP contribution in [0.2, 0.25) is 0 Å². The summed E-state index contributed by atoms with van der Waals surface area (Å²) in [5, 5.41) is 3.50. The van der Waals surface area contributed by atoms with Crippen molar-refractivity contribution in [1.82, 2.24) is 5.32 Å². The third-order valence-corrected chi connectivity index (χ3v) is 4.31. The first-order valence-corrected chi connectivity index (χ1v) is 7.78. The minimum atomic E-state index is 0.210. The van der Waals surface area contributed by atoms with E-state index in [2.05, 4.69) is 69.1 Å². The Morgan fingerprint density at radius 2 is 2.05 bits per heavy atom. The van der Waals surface area contributed by atoms with Gasteiger partial charge in [0.05, 0.1) is 0 Å². The molecule has 1 atom stereocenters. The van der Waals surface area contributed by atoms with Crippen molar-refractivity contribution in [2.24, 2.45) is 5.92 Å². The molecule has 0 spiro atoms. The van der Waals surface area contributed by atoms with E-state index in [0.29, 0.717) is 5.92 Å². The van der Waals surface area contributed by atoms with Gasteiger partial charge in [-0.2, -0.15) is 0 Å². The molecule has 1 nitrogen and oxygen atoms in total. The number of allylic oxidation sites excluding steroid dienone is 2. The molecule has 0 bridgehead atoms. The van der Waals surface area contributed by atoms with Gasteiger partial charge >= 0.3 is 0 Å². The Bertz CT molecular complexity index is 498. The van der Waals surface area contributed by atoms with E-state index in [-0.39, 0.29) is 5.41 Å². The van der Waals surface area contributed by atoms with E-state index in [0.717, 1.165) is 25.8 Å². The van der Waals surface area contributed by atoms with Crippen LogP contribution >= 0.6 is 0 Å². The van der Waals surface area contributed by atoms with Crippen LogP contribution in [-0.2, 0) is 5.41 Å². The number of fused-ring (bicyclic) bond motifs is 1. The third-order valence-electron chi connectivity index (χ3n) is 4.31. The van der Waals surface area contributed by atoms with Crippen molar-refractivity contribution in [3.8, 4) is 0 Å². The zero-order valence-corrected chi connectivity index (χ0v) is 13.1. The molecule has 0 aromatic heterocycles. The molecule has 0 saturated carbocycles. The Hall–Kier alpha value is -1.50. The van der Waals surface area contributed by atoms with Gasteiger partial charge in [-0.25, -0.2) is 0 Å². The first kappa shape index (κ1) is 14.9. The highest BCUT2D eigenvalue weighted by molar-refractivity contribution is 5.65. The minimum Gasteiger partial charge on any atom is -0.389 e. The summed E-state index contributed by atoms with van der Waals surface area (Å²) in [6.45, 7) is 11.9. The van der Waals surface area contributed by atoms with Crippen LogP contribution in [0, 0.1) is 5.92 Å². The fraction of sp³-hybridized carbons (Fsp3) is 0.474. The van der Waals surface area contributed by atoms with Crippen molar-refractivity contribution in [1.29, 1.82) is 0 Å². The highest BCUT2D eigenvalue weighted by Gasteiger charge is 2.32. The summed E-state index contributed by atoms with van der Waals surface area (Å²) < 4.78 is 0. The molecular weight excluding hydrogens is 242 g/mol. The molecule has 1 N–H and O–H groups in total. The summed E-state index contributed by atoms with van der Waals surface area (Å²) in [6, 6.07) is 8.77. The predicted octanol–water partition coefficient (Wildman–Crippen LogP) is 4.90. The highest BCUT2D eigenvalue weighted by Crippen LogP contribution is 2.41. The maximum Gasteiger partial charge on any atom is 0.0155 e. The van der Waals surface area contributed by atoms with E-state index in [1.165, 1.54) is 16.8 Å². The van der Waals surface area contributed by atoms with Gasteiger partial charge in [0, 0.05) is 17.7 Å². The molecule has 108 valence electrons. The van der Waals surface area contributed by atoms with Crippen molar-refractivity contribution in [2.45, 2.75) is 45.4 Å². The molecule has 2 rings (SSSR count). The lowest BCUT2D eigenvalue weighted by molar-refractivity contribution is 0.465. The molecule has 0 aliphatic heterocycles. The van der Waals surface area contributed by atoms with Crippen LogP contribution in [0.25, 0.3) is 6.08 Å². The van der Waals surface area contributed by atoms with Gasteiger partial charge in [-0.05, 0) is 36.3 Å². The zero-order valence-electron chi connectivity index (χ0n) is 13.1. The van der Waals surface area contributed by atoms with E-state index in [9.17, 15) is 0 Å². The fourth-order valence-electron chi connectivity index (χ4n) is 3.17. The summed E-state index contributed by atoms with van der Waals surface area (Å²) in [5.41, 5.74) is 4.25. The van der Waals surface area contributed by atoms with Crippen LogP contribution in [0.1, 0.15) is 51.2 Å². The highest BCUT2D eigenvalue weighted by atomic mass is 14.9. The first-order valence-electron chi connectivity index (χ1n) is 7.78. The van der Waals surface area contributed by atoms with Crippen LogP contribution in [0.4, 0.5) is 0 Å². The normalized spacial score (nSPS) is 20.2. The number of hydrogen-bond donors (Lipinski definition) is 1. The van der Waals surface area contributed by atoms with Gasteiger partial charge in [0.2, 0.25) is 0 Å². The number of rotatable bonds is 7. The van der Waals surface area contributed by atoms with E-state index >= 15 is 0 Å². The van der Waals surface area contributed by atoms with Gasteiger partial charge in [0.25, 0.3) is 0 Å². The lowest BCUT2D eigenvalue weighted by atomic mass is 9.77. The van der Waals surface area contributed by atoms with Crippen molar-refractivity contribution in [3.05, 3.63) is 53.7 Å². The maximum atomic E-state index is 4.12. The van der Waals surface area contributed by atoms with Crippen LogP contribution < -0.4 is 5.32 Å². The second kappa shape index (κ2) is 6.30. The molecule has 1 aliphatic carbocycles. The van der Waals surface area contributed by atoms with E-state index in [1.54, 1.807) is 0 Å². The summed E-state index contributed by atoms with van der Waals surface area (Å²) in [7, 11) is 0. The van der Waals surface area contributed by atoms with E-state index in [4.69, 9.17) is 0 Å². The summed E-state index contributed by atoms with van der Waals surface area (Å²) >= 11 is 0. The molecule has 0 heterocycles.